The highest BCUT2D eigenvalue weighted by molar-refractivity contribution is 5.87. The van der Waals surface area contributed by atoms with E-state index in [9.17, 15) is 14.7 Å². The van der Waals surface area contributed by atoms with E-state index < -0.39 is 12.0 Å². The average Bonchev–Trinajstić information content (AvgIpc) is 2.49. The molecule has 7 heteroatoms. The van der Waals surface area contributed by atoms with Crippen LogP contribution in [0.2, 0.25) is 0 Å². The largest absolute Gasteiger partial charge is 0.478 e. The van der Waals surface area contributed by atoms with Crippen LogP contribution < -0.4 is 11.1 Å². The molecule has 0 aromatic carbocycles. The second-order valence-electron chi connectivity index (χ2n) is 6.54. The van der Waals surface area contributed by atoms with Crippen molar-refractivity contribution in [3.63, 3.8) is 0 Å². The lowest BCUT2D eigenvalue weighted by Crippen LogP contribution is -2.62. The Hall–Kier alpha value is -1.44. The quantitative estimate of drug-likeness (QED) is 0.655. The lowest BCUT2D eigenvalue weighted by Gasteiger charge is -2.44. The van der Waals surface area contributed by atoms with E-state index in [1.807, 2.05) is 0 Å². The molecule has 0 aromatic rings. The summed E-state index contributed by atoms with van der Waals surface area (Å²) in [4.78, 5) is 25.1. The van der Waals surface area contributed by atoms with Gasteiger partial charge in [-0.1, -0.05) is 6.08 Å². The van der Waals surface area contributed by atoms with Gasteiger partial charge in [0.25, 0.3) is 0 Å². The van der Waals surface area contributed by atoms with Gasteiger partial charge in [-0.05, 0) is 31.7 Å². The van der Waals surface area contributed by atoms with Crippen molar-refractivity contribution in [2.24, 2.45) is 11.7 Å². The zero-order valence-corrected chi connectivity index (χ0v) is 13.8. The molecule has 1 aliphatic carbocycles. The highest BCUT2D eigenvalue weighted by Gasteiger charge is 2.38. The number of ether oxygens (including phenoxy) is 1. The van der Waals surface area contributed by atoms with Gasteiger partial charge in [0.2, 0.25) is 5.91 Å². The number of carbonyl (C=O) groups excluding carboxylic acids is 1. The predicted molar refractivity (Wildman–Crippen MR) is 85.9 cm³/mol. The molecular weight excluding hydrogens is 298 g/mol. The zero-order chi connectivity index (χ0) is 17.0. The first kappa shape index (κ1) is 17.9. The number of nitrogens with two attached hydrogens (primary N) is 1. The Morgan fingerprint density at radius 2 is 2.26 bits per heavy atom. The van der Waals surface area contributed by atoms with E-state index in [1.165, 1.54) is 6.92 Å². The highest BCUT2D eigenvalue weighted by Crippen LogP contribution is 2.27. The molecule has 130 valence electrons. The molecule has 0 aromatic heterocycles. The molecular formula is C16H27N3O4. The monoisotopic (exact) mass is 325 g/mol. The normalized spacial score (nSPS) is 32.2. The lowest BCUT2D eigenvalue weighted by atomic mass is 9.84. The number of nitrogens with zero attached hydrogens (tertiary/aromatic N) is 1. The molecule has 0 bridgehead atoms. The van der Waals surface area contributed by atoms with Crippen LogP contribution in [0.5, 0.6) is 0 Å². The molecule has 2 rings (SSSR count). The smallest absolute Gasteiger partial charge is 0.331 e. The maximum atomic E-state index is 11.5. The minimum Gasteiger partial charge on any atom is -0.478 e. The van der Waals surface area contributed by atoms with Gasteiger partial charge < -0.3 is 20.9 Å². The van der Waals surface area contributed by atoms with E-state index in [1.54, 1.807) is 13.2 Å². The number of methoxy groups -OCH3 is 1. The molecule has 0 spiro atoms. The Balaban J connectivity index is 2.22. The number of aliphatic carboxylic acids is 1. The summed E-state index contributed by atoms with van der Waals surface area (Å²) in [5.41, 5.74) is 6.51. The summed E-state index contributed by atoms with van der Waals surface area (Å²) in [6.45, 7) is 3.85. The van der Waals surface area contributed by atoms with Gasteiger partial charge in [0.15, 0.2) is 0 Å². The molecule has 1 amide bonds. The molecule has 1 saturated heterocycles. The highest BCUT2D eigenvalue weighted by atomic mass is 16.5. The van der Waals surface area contributed by atoms with E-state index in [0.717, 1.165) is 25.9 Å². The molecule has 1 aliphatic heterocycles. The summed E-state index contributed by atoms with van der Waals surface area (Å²) >= 11 is 0. The predicted octanol–water partition coefficient (Wildman–Crippen LogP) is -0.0399. The number of amides is 1. The first-order chi connectivity index (χ1) is 10.9. The van der Waals surface area contributed by atoms with E-state index in [2.05, 4.69) is 10.2 Å². The Bertz CT molecular complexity index is 478. The molecule has 0 radical (unpaired) electrons. The van der Waals surface area contributed by atoms with Gasteiger partial charge in [0, 0.05) is 32.2 Å². The standard InChI is InChI=1S/C16H27N3O4/c1-10(20)18-15-13(17)6-12(16(21)22)7-14(15)19-5-3-4-11(8-19)9-23-2/h7,11,13-15H,3-6,8-9,17H2,1-2H3,(H,18,20)(H,21,22)/t11-,13-,14+,15+/m0/s1. The molecule has 4 atom stereocenters. The van der Waals surface area contributed by atoms with Crippen LogP contribution in [-0.4, -0.2) is 66.8 Å². The number of carboxylic acids is 1. The average molecular weight is 325 g/mol. The summed E-state index contributed by atoms with van der Waals surface area (Å²) in [5.74, 6) is -0.656. The fraction of sp³-hybridized carbons (Fsp3) is 0.750. The van der Waals surface area contributed by atoms with Crippen molar-refractivity contribution in [2.45, 2.75) is 44.3 Å². The zero-order valence-electron chi connectivity index (χ0n) is 13.8. The van der Waals surface area contributed by atoms with Gasteiger partial charge in [-0.3, -0.25) is 9.69 Å². The third-order valence-corrected chi connectivity index (χ3v) is 4.68. The summed E-state index contributed by atoms with van der Waals surface area (Å²) < 4.78 is 5.26. The second kappa shape index (κ2) is 7.90. The topological polar surface area (TPSA) is 105 Å². The lowest BCUT2D eigenvalue weighted by molar-refractivity contribution is -0.133. The summed E-state index contributed by atoms with van der Waals surface area (Å²) in [6, 6.07) is -0.854. The Labute approximate surface area is 136 Å². The van der Waals surface area contributed by atoms with Crippen LogP contribution in [0.15, 0.2) is 11.6 Å². The number of piperidine rings is 1. The molecule has 1 heterocycles. The van der Waals surface area contributed by atoms with Crippen molar-refractivity contribution in [2.75, 3.05) is 26.8 Å². The van der Waals surface area contributed by atoms with Crippen molar-refractivity contribution in [1.29, 1.82) is 0 Å². The maximum Gasteiger partial charge on any atom is 0.331 e. The van der Waals surface area contributed by atoms with Crippen LogP contribution in [0.25, 0.3) is 0 Å². The van der Waals surface area contributed by atoms with Crippen LogP contribution in [0.4, 0.5) is 0 Å². The van der Waals surface area contributed by atoms with E-state index in [-0.39, 0.29) is 24.4 Å². The van der Waals surface area contributed by atoms with Crippen LogP contribution in [0, 0.1) is 5.92 Å². The number of rotatable bonds is 5. The molecule has 23 heavy (non-hydrogen) atoms. The number of carbonyl (C=O) groups is 2. The summed E-state index contributed by atoms with van der Waals surface area (Å²) in [7, 11) is 1.69. The number of carboxylic acid groups (broad SMARTS) is 1. The van der Waals surface area contributed by atoms with Crippen LogP contribution in [-0.2, 0) is 14.3 Å². The number of hydrogen-bond acceptors (Lipinski definition) is 5. The first-order valence-corrected chi connectivity index (χ1v) is 8.12. The third-order valence-electron chi connectivity index (χ3n) is 4.68. The van der Waals surface area contributed by atoms with Crippen molar-refractivity contribution >= 4 is 11.9 Å². The van der Waals surface area contributed by atoms with Gasteiger partial charge in [-0.25, -0.2) is 4.79 Å². The summed E-state index contributed by atoms with van der Waals surface area (Å²) in [6.07, 6.45) is 4.17. The van der Waals surface area contributed by atoms with Crippen LogP contribution in [0.3, 0.4) is 0 Å². The number of hydrogen-bond donors (Lipinski definition) is 3. The van der Waals surface area contributed by atoms with Gasteiger partial charge in [-0.2, -0.15) is 0 Å². The van der Waals surface area contributed by atoms with Crippen molar-refractivity contribution in [3.05, 3.63) is 11.6 Å². The Morgan fingerprint density at radius 3 is 2.87 bits per heavy atom. The minimum atomic E-state index is -0.933. The minimum absolute atomic E-state index is 0.145. The number of likely N-dealkylation sites (tertiary alicyclic amines) is 1. The van der Waals surface area contributed by atoms with Gasteiger partial charge in [0.05, 0.1) is 18.7 Å². The molecule has 2 aliphatic rings. The van der Waals surface area contributed by atoms with Crippen LogP contribution >= 0.6 is 0 Å². The fourth-order valence-corrected chi connectivity index (χ4v) is 3.67. The maximum absolute atomic E-state index is 11.5. The summed E-state index contributed by atoms with van der Waals surface area (Å²) in [5, 5.41) is 12.2. The molecule has 4 N–H and O–H groups in total. The molecule has 1 fully saturated rings. The Kier molecular flexibility index (Phi) is 6.15. The molecule has 7 nitrogen and oxygen atoms in total. The fourth-order valence-electron chi connectivity index (χ4n) is 3.67. The SMILES string of the molecule is COC[C@H]1CCCN([C@@H]2C=C(C(=O)O)C[C@H](N)[C@H]2NC(C)=O)C1. The van der Waals surface area contributed by atoms with Crippen molar-refractivity contribution in [3.8, 4) is 0 Å². The molecule has 0 unspecified atom stereocenters. The van der Waals surface area contributed by atoms with Crippen molar-refractivity contribution < 1.29 is 19.4 Å². The van der Waals surface area contributed by atoms with E-state index >= 15 is 0 Å². The molecule has 0 saturated carbocycles. The number of nitrogens with one attached hydrogen (secondary N) is 1. The second-order valence-corrected chi connectivity index (χ2v) is 6.54. The van der Waals surface area contributed by atoms with Gasteiger partial charge >= 0.3 is 5.97 Å². The van der Waals surface area contributed by atoms with Gasteiger partial charge in [-0.15, -0.1) is 0 Å². The van der Waals surface area contributed by atoms with E-state index in [0.29, 0.717) is 18.1 Å². The van der Waals surface area contributed by atoms with E-state index in [4.69, 9.17) is 10.5 Å². The van der Waals surface area contributed by atoms with Crippen LogP contribution in [0.1, 0.15) is 26.2 Å². The van der Waals surface area contributed by atoms with Gasteiger partial charge in [0.1, 0.15) is 0 Å². The van der Waals surface area contributed by atoms with Crippen molar-refractivity contribution in [1.82, 2.24) is 10.2 Å². The third kappa shape index (κ3) is 4.53. The Morgan fingerprint density at radius 1 is 1.52 bits per heavy atom. The first-order valence-electron chi connectivity index (χ1n) is 8.12.